The van der Waals surface area contributed by atoms with Crippen LogP contribution in [0.2, 0.25) is 0 Å². The zero-order valence-electron chi connectivity index (χ0n) is 13.8. The lowest BCUT2D eigenvalue weighted by Gasteiger charge is -2.35. The second-order valence-corrected chi connectivity index (χ2v) is 5.64. The van der Waals surface area contributed by atoms with Crippen LogP contribution in [0.25, 0.3) is 11.0 Å². The zero-order chi connectivity index (χ0) is 17.8. The summed E-state index contributed by atoms with van der Waals surface area (Å²) in [6, 6.07) is 0. The van der Waals surface area contributed by atoms with Crippen molar-refractivity contribution >= 4 is 28.7 Å². The Kier molecular flexibility index (Phi) is 4.98. The average molecular weight is 348 g/mol. The molecule has 0 bridgehead atoms. The summed E-state index contributed by atoms with van der Waals surface area (Å²) in [5.41, 5.74) is 1.78. The summed E-state index contributed by atoms with van der Waals surface area (Å²) in [7, 11) is 0. The Morgan fingerprint density at radius 3 is 3.04 bits per heavy atom. The normalized spacial score (nSPS) is 17.5. The van der Waals surface area contributed by atoms with Gasteiger partial charge in [0.1, 0.15) is 0 Å². The highest BCUT2D eigenvalue weighted by Crippen LogP contribution is 2.30. The fraction of sp³-hybridized carbons (Fsp3) is 0.467. The molecule has 0 saturated carbocycles. The second kappa shape index (κ2) is 7.34. The molecule has 1 fully saturated rings. The average Bonchev–Trinajstić information content (AvgIpc) is 3.08. The van der Waals surface area contributed by atoms with Crippen LogP contribution in [0.4, 0.5) is 10.5 Å². The van der Waals surface area contributed by atoms with Gasteiger partial charge in [-0.15, -0.1) is 0 Å². The van der Waals surface area contributed by atoms with Crippen molar-refractivity contribution in [3.63, 3.8) is 0 Å². The largest absolute Gasteiger partial charge is 0.465 e. The molecule has 2 aromatic heterocycles. The third kappa shape index (κ3) is 3.63. The summed E-state index contributed by atoms with van der Waals surface area (Å²) in [5, 5.41) is 21.5. The van der Waals surface area contributed by atoms with E-state index in [0.717, 1.165) is 11.1 Å². The van der Waals surface area contributed by atoms with E-state index in [4.69, 9.17) is 9.84 Å². The first-order valence-corrected chi connectivity index (χ1v) is 8.03. The Bertz CT molecular complexity index is 776. The topological polar surface area (TPSA) is 132 Å². The zero-order valence-corrected chi connectivity index (χ0v) is 13.8. The SMILES string of the molecule is CCNC(=O)c1cnc2[nH]ncc2c1N1CCOC(CNC(=O)O)C1. The number of nitrogens with zero attached hydrogens (tertiary/aromatic N) is 3. The molecule has 134 valence electrons. The number of pyridine rings is 1. The van der Waals surface area contributed by atoms with Crippen LogP contribution in [0.3, 0.4) is 0 Å². The molecule has 2 aromatic rings. The molecule has 1 atom stereocenters. The molecule has 25 heavy (non-hydrogen) atoms. The number of morpholine rings is 1. The molecule has 4 N–H and O–H groups in total. The van der Waals surface area contributed by atoms with E-state index >= 15 is 0 Å². The highest BCUT2D eigenvalue weighted by atomic mass is 16.5. The summed E-state index contributed by atoms with van der Waals surface area (Å²) >= 11 is 0. The van der Waals surface area contributed by atoms with Gasteiger partial charge in [-0.1, -0.05) is 0 Å². The van der Waals surface area contributed by atoms with Gasteiger partial charge >= 0.3 is 6.09 Å². The lowest BCUT2D eigenvalue weighted by atomic mass is 10.1. The smallest absolute Gasteiger partial charge is 0.404 e. The van der Waals surface area contributed by atoms with Crippen molar-refractivity contribution in [2.75, 3.05) is 37.7 Å². The first kappa shape index (κ1) is 17.0. The van der Waals surface area contributed by atoms with Crippen LogP contribution >= 0.6 is 0 Å². The third-order valence-corrected chi connectivity index (χ3v) is 3.97. The number of carbonyl (C=O) groups is 2. The highest BCUT2D eigenvalue weighted by molar-refractivity contribution is 6.06. The minimum atomic E-state index is -1.09. The Labute approximate surface area is 143 Å². The molecule has 0 aliphatic carbocycles. The fourth-order valence-corrected chi connectivity index (χ4v) is 2.90. The molecule has 1 saturated heterocycles. The minimum Gasteiger partial charge on any atom is -0.465 e. The Morgan fingerprint density at radius 2 is 2.28 bits per heavy atom. The van der Waals surface area contributed by atoms with Crippen LogP contribution in [0.1, 0.15) is 17.3 Å². The molecule has 10 nitrogen and oxygen atoms in total. The van der Waals surface area contributed by atoms with Gasteiger partial charge in [0.15, 0.2) is 5.65 Å². The van der Waals surface area contributed by atoms with E-state index in [0.29, 0.717) is 37.5 Å². The molecule has 1 aliphatic rings. The van der Waals surface area contributed by atoms with Gasteiger partial charge in [0, 0.05) is 32.4 Å². The summed E-state index contributed by atoms with van der Waals surface area (Å²) in [4.78, 5) is 29.4. The number of ether oxygens (including phenoxy) is 1. The number of hydrogen-bond donors (Lipinski definition) is 4. The molecule has 1 unspecified atom stereocenters. The number of fused-ring (bicyclic) bond motifs is 1. The van der Waals surface area contributed by atoms with E-state index in [2.05, 4.69) is 25.8 Å². The molecule has 1 aliphatic heterocycles. The van der Waals surface area contributed by atoms with Gasteiger partial charge in [-0.2, -0.15) is 5.10 Å². The number of hydrogen-bond acceptors (Lipinski definition) is 6. The predicted molar refractivity (Wildman–Crippen MR) is 89.9 cm³/mol. The third-order valence-electron chi connectivity index (χ3n) is 3.97. The second-order valence-electron chi connectivity index (χ2n) is 5.64. The van der Waals surface area contributed by atoms with Gasteiger partial charge in [0.2, 0.25) is 0 Å². The Hall–Kier alpha value is -2.88. The molecule has 3 rings (SSSR count). The summed E-state index contributed by atoms with van der Waals surface area (Å²) in [6.45, 7) is 4.02. The van der Waals surface area contributed by atoms with Crippen molar-refractivity contribution < 1.29 is 19.4 Å². The van der Waals surface area contributed by atoms with Crippen LogP contribution in [0.5, 0.6) is 0 Å². The van der Waals surface area contributed by atoms with Gasteiger partial charge in [-0.05, 0) is 6.92 Å². The van der Waals surface area contributed by atoms with Crippen molar-refractivity contribution in [3.05, 3.63) is 18.0 Å². The van der Waals surface area contributed by atoms with E-state index < -0.39 is 6.09 Å². The Morgan fingerprint density at radius 1 is 1.44 bits per heavy atom. The monoisotopic (exact) mass is 348 g/mol. The molecule has 3 heterocycles. The minimum absolute atomic E-state index is 0.182. The molecule has 0 radical (unpaired) electrons. The molecule has 2 amide bonds. The Balaban J connectivity index is 1.92. The molecule has 10 heteroatoms. The molecular formula is C15H20N6O4. The standard InChI is InChI=1S/C15H20N6O4/c1-2-16-14(22)11-6-17-13-10(7-19-20-13)12(11)21-3-4-25-9(8-21)5-18-15(23)24/h6-7,9,18H,2-5,8H2,1H3,(H,16,22)(H,23,24)(H,17,19,20). The van der Waals surface area contributed by atoms with Gasteiger partial charge in [0.25, 0.3) is 5.91 Å². The number of aromatic nitrogens is 3. The number of rotatable bonds is 5. The van der Waals surface area contributed by atoms with Gasteiger partial charge in [-0.25, -0.2) is 9.78 Å². The number of carbonyl (C=O) groups excluding carboxylic acids is 1. The van der Waals surface area contributed by atoms with Crippen LogP contribution in [-0.2, 0) is 4.74 Å². The number of amides is 2. The predicted octanol–water partition coefficient (Wildman–Crippen LogP) is 0.180. The van der Waals surface area contributed by atoms with Gasteiger partial charge in [-0.3, -0.25) is 9.89 Å². The molecule has 0 spiro atoms. The highest BCUT2D eigenvalue weighted by Gasteiger charge is 2.27. The lowest BCUT2D eigenvalue weighted by Crippen LogP contribution is -2.48. The van der Waals surface area contributed by atoms with E-state index in [1.54, 1.807) is 6.20 Å². The van der Waals surface area contributed by atoms with Crippen LogP contribution in [0, 0.1) is 0 Å². The van der Waals surface area contributed by atoms with Crippen LogP contribution in [-0.4, -0.2) is 71.2 Å². The van der Waals surface area contributed by atoms with Crippen molar-refractivity contribution in [3.8, 4) is 0 Å². The maximum Gasteiger partial charge on any atom is 0.404 e. The number of carboxylic acid groups (broad SMARTS) is 1. The summed E-state index contributed by atoms with van der Waals surface area (Å²) in [5.74, 6) is -0.209. The van der Waals surface area contributed by atoms with Gasteiger partial charge in [0.05, 0.1) is 35.5 Å². The number of anilines is 1. The van der Waals surface area contributed by atoms with Crippen molar-refractivity contribution in [1.82, 2.24) is 25.8 Å². The molecular weight excluding hydrogens is 328 g/mol. The fourth-order valence-electron chi connectivity index (χ4n) is 2.90. The lowest BCUT2D eigenvalue weighted by molar-refractivity contribution is 0.0410. The summed E-state index contributed by atoms with van der Waals surface area (Å²) in [6.07, 6.45) is 1.77. The van der Waals surface area contributed by atoms with E-state index in [-0.39, 0.29) is 18.6 Å². The summed E-state index contributed by atoms with van der Waals surface area (Å²) < 4.78 is 5.61. The van der Waals surface area contributed by atoms with Gasteiger partial charge < -0.3 is 25.4 Å². The maximum absolute atomic E-state index is 12.4. The number of nitrogens with one attached hydrogen (secondary N) is 3. The van der Waals surface area contributed by atoms with Crippen molar-refractivity contribution in [2.24, 2.45) is 0 Å². The number of aromatic amines is 1. The van der Waals surface area contributed by atoms with Crippen LogP contribution < -0.4 is 15.5 Å². The van der Waals surface area contributed by atoms with E-state index in [1.807, 2.05) is 11.8 Å². The maximum atomic E-state index is 12.4. The quantitative estimate of drug-likeness (QED) is 0.606. The first-order chi connectivity index (χ1) is 12.1. The van der Waals surface area contributed by atoms with Crippen molar-refractivity contribution in [1.29, 1.82) is 0 Å². The van der Waals surface area contributed by atoms with E-state index in [9.17, 15) is 9.59 Å². The van der Waals surface area contributed by atoms with Crippen molar-refractivity contribution in [2.45, 2.75) is 13.0 Å². The van der Waals surface area contributed by atoms with Crippen LogP contribution in [0.15, 0.2) is 12.4 Å². The van der Waals surface area contributed by atoms with E-state index in [1.165, 1.54) is 6.20 Å². The number of H-pyrrole nitrogens is 1. The first-order valence-electron chi connectivity index (χ1n) is 8.03. The molecule has 0 aromatic carbocycles.